The first-order chi connectivity index (χ1) is 7.67. The van der Waals surface area contributed by atoms with Gasteiger partial charge >= 0.3 is 0 Å². The van der Waals surface area contributed by atoms with Crippen molar-refractivity contribution in [2.45, 2.75) is 13.5 Å². The summed E-state index contributed by atoms with van der Waals surface area (Å²) in [4.78, 5) is 12.9. The fourth-order valence-corrected chi connectivity index (χ4v) is 1.45. The average Bonchev–Trinajstić information content (AvgIpc) is 2.29. The van der Waals surface area contributed by atoms with Gasteiger partial charge in [0.15, 0.2) is 0 Å². The largest absolute Gasteiger partial charge is 0.395 e. The van der Waals surface area contributed by atoms with Gasteiger partial charge in [0.1, 0.15) is 0 Å². The van der Waals surface area contributed by atoms with Crippen LogP contribution in [0.1, 0.15) is 18.1 Å². The lowest BCUT2D eigenvalue weighted by molar-refractivity contribution is -0.129. The lowest BCUT2D eigenvalue weighted by Gasteiger charge is -2.19. The standard InChI is InChI=1S/C13H17NO2/c1-3-12-4-6-13(7-5-12)10-14(8-9-15)11(2)16/h3-7,15H,1,8-10H2,2H3. The van der Waals surface area contributed by atoms with Crippen LogP contribution in [-0.2, 0) is 11.3 Å². The first-order valence-electron chi connectivity index (χ1n) is 5.25. The van der Waals surface area contributed by atoms with Crippen LogP contribution in [0, 0.1) is 0 Å². The second-order valence-electron chi connectivity index (χ2n) is 3.61. The summed E-state index contributed by atoms with van der Waals surface area (Å²) >= 11 is 0. The predicted molar refractivity (Wildman–Crippen MR) is 64.7 cm³/mol. The van der Waals surface area contributed by atoms with E-state index >= 15 is 0 Å². The van der Waals surface area contributed by atoms with Crippen molar-refractivity contribution in [2.24, 2.45) is 0 Å². The summed E-state index contributed by atoms with van der Waals surface area (Å²) in [6, 6.07) is 7.84. The third-order valence-electron chi connectivity index (χ3n) is 2.40. The number of carbonyl (C=O) groups excluding carboxylic acids is 1. The van der Waals surface area contributed by atoms with Gasteiger partial charge in [-0.2, -0.15) is 0 Å². The summed E-state index contributed by atoms with van der Waals surface area (Å²) in [5, 5.41) is 8.84. The molecule has 0 aliphatic carbocycles. The van der Waals surface area contributed by atoms with Gasteiger partial charge in [-0.1, -0.05) is 36.9 Å². The van der Waals surface area contributed by atoms with E-state index in [1.54, 1.807) is 11.0 Å². The number of carbonyl (C=O) groups is 1. The Bertz CT molecular complexity index is 357. The van der Waals surface area contributed by atoms with Crippen molar-refractivity contribution in [2.75, 3.05) is 13.2 Å². The number of hydrogen-bond donors (Lipinski definition) is 1. The molecule has 1 aromatic carbocycles. The molecule has 3 heteroatoms. The van der Waals surface area contributed by atoms with Gasteiger partial charge < -0.3 is 10.0 Å². The molecule has 0 atom stereocenters. The molecule has 1 N–H and O–H groups in total. The van der Waals surface area contributed by atoms with Gasteiger partial charge in [0, 0.05) is 20.0 Å². The lowest BCUT2D eigenvalue weighted by atomic mass is 10.1. The van der Waals surface area contributed by atoms with Gasteiger partial charge in [-0.15, -0.1) is 0 Å². The molecule has 0 saturated heterocycles. The van der Waals surface area contributed by atoms with Gasteiger partial charge in [0.05, 0.1) is 6.61 Å². The van der Waals surface area contributed by atoms with Gasteiger partial charge in [-0.25, -0.2) is 0 Å². The van der Waals surface area contributed by atoms with Gasteiger partial charge in [-0.3, -0.25) is 4.79 Å². The minimum atomic E-state index is -0.0261. The van der Waals surface area contributed by atoms with Crippen LogP contribution in [0.15, 0.2) is 30.8 Å². The van der Waals surface area contributed by atoms with E-state index < -0.39 is 0 Å². The van der Waals surface area contributed by atoms with Crippen molar-refractivity contribution >= 4 is 12.0 Å². The Kier molecular flexibility index (Phi) is 4.73. The Labute approximate surface area is 96.0 Å². The number of aliphatic hydroxyl groups excluding tert-OH is 1. The maximum Gasteiger partial charge on any atom is 0.219 e. The summed E-state index contributed by atoms with van der Waals surface area (Å²) in [5.74, 6) is -0.0261. The van der Waals surface area contributed by atoms with E-state index in [1.165, 1.54) is 6.92 Å². The van der Waals surface area contributed by atoms with Crippen molar-refractivity contribution < 1.29 is 9.90 Å². The average molecular weight is 219 g/mol. The summed E-state index contributed by atoms with van der Waals surface area (Å²) in [5.41, 5.74) is 2.11. The highest BCUT2D eigenvalue weighted by molar-refractivity contribution is 5.73. The smallest absolute Gasteiger partial charge is 0.219 e. The van der Waals surface area contributed by atoms with Gasteiger partial charge in [0.25, 0.3) is 0 Å². The minimum Gasteiger partial charge on any atom is -0.395 e. The highest BCUT2D eigenvalue weighted by Crippen LogP contribution is 2.08. The van der Waals surface area contributed by atoms with E-state index in [0.29, 0.717) is 13.1 Å². The predicted octanol–water partition coefficient (Wildman–Crippen LogP) is 1.67. The van der Waals surface area contributed by atoms with E-state index in [4.69, 9.17) is 5.11 Å². The van der Waals surface area contributed by atoms with E-state index in [1.807, 2.05) is 24.3 Å². The van der Waals surface area contributed by atoms with Crippen molar-refractivity contribution in [3.05, 3.63) is 42.0 Å². The quantitative estimate of drug-likeness (QED) is 0.818. The second-order valence-corrected chi connectivity index (χ2v) is 3.61. The maximum absolute atomic E-state index is 11.3. The third kappa shape index (κ3) is 3.51. The number of aliphatic hydroxyl groups is 1. The molecule has 0 fully saturated rings. The molecule has 0 aliphatic heterocycles. The molecule has 0 saturated carbocycles. The number of benzene rings is 1. The zero-order valence-electron chi connectivity index (χ0n) is 9.52. The Morgan fingerprint density at radius 1 is 1.44 bits per heavy atom. The lowest BCUT2D eigenvalue weighted by Crippen LogP contribution is -2.30. The monoisotopic (exact) mass is 219 g/mol. The number of rotatable bonds is 5. The van der Waals surface area contributed by atoms with E-state index in [9.17, 15) is 4.79 Å². The van der Waals surface area contributed by atoms with Crippen LogP contribution in [0.5, 0.6) is 0 Å². The molecule has 0 spiro atoms. The van der Waals surface area contributed by atoms with Crippen molar-refractivity contribution in [1.29, 1.82) is 0 Å². The molecular weight excluding hydrogens is 202 g/mol. The molecule has 1 amide bonds. The molecule has 0 heterocycles. The topological polar surface area (TPSA) is 40.5 Å². The highest BCUT2D eigenvalue weighted by atomic mass is 16.3. The number of hydrogen-bond acceptors (Lipinski definition) is 2. The highest BCUT2D eigenvalue weighted by Gasteiger charge is 2.07. The van der Waals surface area contributed by atoms with Crippen LogP contribution in [0.25, 0.3) is 6.08 Å². The second kappa shape index (κ2) is 6.08. The molecule has 0 aromatic heterocycles. The molecule has 0 radical (unpaired) electrons. The molecule has 86 valence electrons. The summed E-state index contributed by atoms with van der Waals surface area (Å²) in [7, 11) is 0. The SMILES string of the molecule is C=Cc1ccc(CN(CCO)C(C)=O)cc1. The zero-order chi connectivity index (χ0) is 12.0. The van der Waals surface area contributed by atoms with Crippen LogP contribution in [0.3, 0.4) is 0 Å². The van der Waals surface area contributed by atoms with Crippen molar-refractivity contribution in [1.82, 2.24) is 4.90 Å². The number of amides is 1. The number of nitrogens with zero attached hydrogens (tertiary/aromatic N) is 1. The third-order valence-corrected chi connectivity index (χ3v) is 2.40. The van der Waals surface area contributed by atoms with Crippen LogP contribution in [-0.4, -0.2) is 29.1 Å². The fourth-order valence-electron chi connectivity index (χ4n) is 1.45. The van der Waals surface area contributed by atoms with Crippen LogP contribution < -0.4 is 0 Å². The molecule has 16 heavy (non-hydrogen) atoms. The zero-order valence-corrected chi connectivity index (χ0v) is 9.52. The first-order valence-corrected chi connectivity index (χ1v) is 5.25. The van der Waals surface area contributed by atoms with Crippen LogP contribution in [0.4, 0.5) is 0 Å². The molecule has 3 nitrogen and oxygen atoms in total. The summed E-state index contributed by atoms with van der Waals surface area (Å²) in [6.07, 6.45) is 1.78. The molecular formula is C13H17NO2. The molecule has 0 unspecified atom stereocenters. The fraction of sp³-hybridized carbons (Fsp3) is 0.308. The molecule has 1 aromatic rings. The first kappa shape index (κ1) is 12.5. The Morgan fingerprint density at radius 3 is 2.50 bits per heavy atom. The van der Waals surface area contributed by atoms with Gasteiger partial charge in [0.2, 0.25) is 5.91 Å². The van der Waals surface area contributed by atoms with Crippen molar-refractivity contribution in [3.8, 4) is 0 Å². The van der Waals surface area contributed by atoms with Crippen LogP contribution in [0.2, 0.25) is 0 Å². The van der Waals surface area contributed by atoms with E-state index in [0.717, 1.165) is 11.1 Å². The van der Waals surface area contributed by atoms with Crippen molar-refractivity contribution in [3.63, 3.8) is 0 Å². The van der Waals surface area contributed by atoms with Gasteiger partial charge in [-0.05, 0) is 11.1 Å². The Balaban J connectivity index is 2.69. The molecule has 0 aliphatic rings. The van der Waals surface area contributed by atoms with E-state index in [-0.39, 0.29) is 12.5 Å². The summed E-state index contributed by atoms with van der Waals surface area (Å²) in [6.45, 7) is 6.09. The minimum absolute atomic E-state index is 0.00960. The van der Waals surface area contributed by atoms with E-state index in [2.05, 4.69) is 6.58 Å². The maximum atomic E-state index is 11.3. The molecule has 0 bridgehead atoms. The van der Waals surface area contributed by atoms with Crippen LogP contribution >= 0.6 is 0 Å². The normalized spacial score (nSPS) is 9.88. The Hall–Kier alpha value is -1.61. The summed E-state index contributed by atoms with van der Waals surface area (Å²) < 4.78 is 0. The Morgan fingerprint density at radius 2 is 2.06 bits per heavy atom. The molecule has 1 rings (SSSR count).